The molecule has 6 nitrogen and oxygen atoms in total. The number of amides is 1. The van der Waals surface area contributed by atoms with Crippen molar-refractivity contribution < 1.29 is 19.0 Å². The van der Waals surface area contributed by atoms with E-state index in [1.165, 1.54) is 12.8 Å². The van der Waals surface area contributed by atoms with Gasteiger partial charge in [-0.2, -0.15) is 0 Å². The number of hydrogen-bond donors (Lipinski definition) is 0. The number of carbonyl (C=O) groups is 1. The molecule has 0 N–H and O–H groups in total. The smallest absolute Gasteiger partial charge is 0.222 e. The number of carbonyl (C=O) groups excluding carboxylic acids is 1. The molecule has 0 unspecified atom stereocenters. The molecular formula is C23H34N2O4. The van der Waals surface area contributed by atoms with Gasteiger partial charge in [-0.3, -0.25) is 9.69 Å². The van der Waals surface area contributed by atoms with E-state index < -0.39 is 0 Å². The normalized spacial score (nSPS) is 24.8. The zero-order valence-electron chi connectivity index (χ0n) is 17.6. The van der Waals surface area contributed by atoms with E-state index in [9.17, 15) is 4.79 Å². The van der Waals surface area contributed by atoms with Crippen molar-refractivity contribution in [2.24, 2.45) is 5.41 Å². The molecule has 0 aromatic heterocycles. The highest BCUT2D eigenvalue weighted by Crippen LogP contribution is 2.40. The Kier molecular flexibility index (Phi) is 6.60. The van der Waals surface area contributed by atoms with Gasteiger partial charge in [0.2, 0.25) is 5.91 Å². The number of piperidine rings is 2. The number of likely N-dealkylation sites (tertiary alicyclic amines) is 2. The second-order valence-corrected chi connectivity index (χ2v) is 8.77. The van der Waals surface area contributed by atoms with Gasteiger partial charge >= 0.3 is 0 Å². The van der Waals surface area contributed by atoms with E-state index in [0.29, 0.717) is 24.3 Å². The van der Waals surface area contributed by atoms with Gasteiger partial charge in [-0.05, 0) is 74.9 Å². The molecule has 3 heterocycles. The molecule has 0 aliphatic carbocycles. The Bertz CT molecular complexity index is 664. The maximum absolute atomic E-state index is 12.4. The van der Waals surface area contributed by atoms with Crippen LogP contribution < -0.4 is 9.47 Å². The summed E-state index contributed by atoms with van der Waals surface area (Å²) >= 11 is 0. The molecule has 3 aliphatic rings. The lowest BCUT2D eigenvalue weighted by Gasteiger charge is -2.47. The number of ether oxygens (including phenoxy) is 3. The van der Waals surface area contributed by atoms with E-state index in [0.717, 1.165) is 70.1 Å². The maximum atomic E-state index is 12.4. The van der Waals surface area contributed by atoms with Crippen LogP contribution in [0.25, 0.3) is 0 Å². The van der Waals surface area contributed by atoms with Gasteiger partial charge < -0.3 is 19.1 Å². The van der Waals surface area contributed by atoms with Gasteiger partial charge in [-0.1, -0.05) is 0 Å². The molecule has 0 radical (unpaired) electrons. The third-order valence-electron chi connectivity index (χ3n) is 6.85. The summed E-state index contributed by atoms with van der Waals surface area (Å²) in [5.74, 6) is 2.05. The molecule has 1 amide bonds. The zero-order chi connectivity index (χ0) is 20.1. The number of hydrogen-bond acceptors (Lipinski definition) is 5. The Morgan fingerprint density at radius 2 is 1.90 bits per heavy atom. The van der Waals surface area contributed by atoms with Crippen LogP contribution in [0, 0.1) is 5.41 Å². The largest absolute Gasteiger partial charge is 0.497 e. The Labute approximate surface area is 174 Å². The van der Waals surface area contributed by atoms with Crippen LogP contribution in [0.2, 0.25) is 0 Å². The average Bonchev–Trinajstić information content (AvgIpc) is 3.26. The molecular weight excluding hydrogens is 368 g/mol. The first-order chi connectivity index (χ1) is 14.2. The second kappa shape index (κ2) is 9.35. The van der Waals surface area contributed by atoms with Gasteiger partial charge in [0.05, 0.1) is 13.2 Å². The predicted molar refractivity (Wildman–Crippen MR) is 111 cm³/mol. The standard InChI is InChI=1S/C23H34N2O4/c1-27-19-4-6-20(7-5-19)29-16-14-24-12-10-23(11-13-24)9-8-22(26)25(18-23)17-21-3-2-15-28-21/h4-7,21H,2-3,8-18H2,1H3/t21-/m0/s1. The molecule has 1 aromatic carbocycles. The van der Waals surface area contributed by atoms with Crippen LogP contribution in [-0.2, 0) is 9.53 Å². The van der Waals surface area contributed by atoms with Crippen molar-refractivity contribution in [1.82, 2.24) is 9.80 Å². The summed E-state index contributed by atoms with van der Waals surface area (Å²) in [5.41, 5.74) is 0.305. The molecule has 3 fully saturated rings. The lowest BCUT2D eigenvalue weighted by Crippen LogP contribution is -2.53. The monoisotopic (exact) mass is 402 g/mol. The lowest BCUT2D eigenvalue weighted by atomic mass is 9.72. The average molecular weight is 403 g/mol. The van der Waals surface area contributed by atoms with Crippen LogP contribution in [0.3, 0.4) is 0 Å². The van der Waals surface area contributed by atoms with Crippen LogP contribution in [0.4, 0.5) is 0 Å². The molecule has 3 saturated heterocycles. The summed E-state index contributed by atoms with van der Waals surface area (Å²) in [6.07, 6.45) is 6.57. The summed E-state index contributed by atoms with van der Waals surface area (Å²) < 4.78 is 16.8. The van der Waals surface area contributed by atoms with Crippen molar-refractivity contribution >= 4 is 5.91 Å². The maximum Gasteiger partial charge on any atom is 0.222 e. The summed E-state index contributed by atoms with van der Waals surface area (Å²) in [6, 6.07) is 7.75. The van der Waals surface area contributed by atoms with Crippen LogP contribution in [0.15, 0.2) is 24.3 Å². The van der Waals surface area contributed by atoms with Crippen LogP contribution in [0.1, 0.15) is 38.5 Å². The molecule has 1 spiro atoms. The minimum atomic E-state index is 0.254. The quantitative estimate of drug-likeness (QED) is 0.702. The Morgan fingerprint density at radius 1 is 1.14 bits per heavy atom. The second-order valence-electron chi connectivity index (χ2n) is 8.77. The molecule has 160 valence electrons. The SMILES string of the molecule is COc1ccc(OCCN2CCC3(CCC(=O)N(C[C@@H]4CCCO4)C3)CC2)cc1. The summed E-state index contributed by atoms with van der Waals surface area (Å²) in [6.45, 7) is 6.39. The van der Waals surface area contributed by atoms with Crippen molar-refractivity contribution in [3.8, 4) is 11.5 Å². The van der Waals surface area contributed by atoms with Gasteiger partial charge in [0.25, 0.3) is 0 Å². The van der Waals surface area contributed by atoms with E-state index in [4.69, 9.17) is 14.2 Å². The molecule has 3 aliphatic heterocycles. The van der Waals surface area contributed by atoms with Crippen molar-refractivity contribution in [2.45, 2.75) is 44.6 Å². The van der Waals surface area contributed by atoms with Crippen LogP contribution in [0.5, 0.6) is 11.5 Å². The van der Waals surface area contributed by atoms with E-state index >= 15 is 0 Å². The van der Waals surface area contributed by atoms with Gasteiger partial charge in [-0.15, -0.1) is 0 Å². The molecule has 6 heteroatoms. The van der Waals surface area contributed by atoms with Crippen molar-refractivity contribution in [2.75, 3.05) is 53.0 Å². The van der Waals surface area contributed by atoms with E-state index in [2.05, 4.69) is 9.80 Å². The number of nitrogens with zero attached hydrogens (tertiary/aromatic N) is 2. The number of benzene rings is 1. The summed E-state index contributed by atoms with van der Waals surface area (Å²) in [4.78, 5) is 17.0. The third-order valence-corrected chi connectivity index (χ3v) is 6.85. The first kappa shape index (κ1) is 20.5. The molecule has 0 saturated carbocycles. The van der Waals surface area contributed by atoms with Crippen molar-refractivity contribution in [3.05, 3.63) is 24.3 Å². The number of methoxy groups -OCH3 is 1. The first-order valence-corrected chi connectivity index (χ1v) is 11.0. The Hall–Kier alpha value is -1.79. The zero-order valence-corrected chi connectivity index (χ0v) is 17.6. The summed E-state index contributed by atoms with van der Waals surface area (Å²) in [7, 11) is 1.67. The van der Waals surface area contributed by atoms with Gasteiger partial charge in [0, 0.05) is 32.7 Å². The van der Waals surface area contributed by atoms with Crippen molar-refractivity contribution in [1.29, 1.82) is 0 Å². The minimum Gasteiger partial charge on any atom is -0.497 e. The fourth-order valence-electron chi connectivity index (χ4n) is 4.93. The van der Waals surface area contributed by atoms with Crippen LogP contribution >= 0.6 is 0 Å². The molecule has 1 aromatic rings. The van der Waals surface area contributed by atoms with E-state index in [-0.39, 0.29) is 6.10 Å². The van der Waals surface area contributed by atoms with Gasteiger partial charge in [-0.25, -0.2) is 0 Å². The van der Waals surface area contributed by atoms with Crippen LogP contribution in [-0.4, -0.2) is 74.9 Å². The number of rotatable bonds is 7. The Balaban J connectivity index is 1.21. The first-order valence-electron chi connectivity index (χ1n) is 11.0. The van der Waals surface area contributed by atoms with E-state index in [1.807, 2.05) is 24.3 Å². The molecule has 29 heavy (non-hydrogen) atoms. The fourth-order valence-corrected chi connectivity index (χ4v) is 4.93. The molecule has 0 bridgehead atoms. The molecule has 1 atom stereocenters. The topological polar surface area (TPSA) is 51.2 Å². The Morgan fingerprint density at radius 3 is 2.59 bits per heavy atom. The highest BCUT2D eigenvalue weighted by Gasteiger charge is 2.41. The molecule has 4 rings (SSSR count). The van der Waals surface area contributed by atoms with Gasteiger partial charge in [0.15, 0.2) is 0 Å². The summed E-state index contributed by atoms with van der Waals surface area (Å²) in [5, 5.41) is 0. The van der Waals surface area contributed by atoms with Gasteiger partial charge in [0.1, 0.15) is 18.1 Å². The fraction of sp³-hybridized carbons (Fsp3) is 0.696. The lowest BCUT2D eigenvalue weighted by molar-refractivity contribution is -0.141. The minimum absolute atomic E-state index is 0.254. The highest BCUT2D eigenvalue weighted by atomic mass is 16.5. The predicted octanol–water partition coefficient (Wildman–Crippen LogP) is 2.96. The highest BCUT2D eigenvalue weighted by molar-refractivity contribution is 5.77. The van der Waals surface area contributed by atoms with Crippen molar-refractivity contribution in [3.63, 3.8) is 0 Å². The third kappa shape index (κ3) is 5.23. The van der Waals surface area contributed by atoms with E-state index in [1.54, 1.807) is 7.11 Å².